The second kappa shape index (κ2) is 10.4. The van der Waals surface area contributed by atoms with Crippen molar-refractivity contribution in [1.82, 2.24) is 4.57 Å². The smallest absolute Gasteiger partial charge is 0.160 e. The molecule has 50 heavy (non-hydrogen) atoms. The summed E-state index contributed by atoms with van der Waals surface area (Å²) >= 11 is 0. The fourth-order valence-electron chi connectivity index (χ4n) is 7.94. The molecule has 0 amide bonds. The number of fused-ring (bicyclic) bond motifs is 10. The van der Waals surface area contributed by atoms with Crippen LogP contribution >= 0.6 is 0 Å². The molecule has 234 valence electrons. The summed E-state index contributed by atoms with van der Waals surface area (Å²) in [6, 6.07) is 60.1. The molecule has 0 aliphatic rings. The summed E-state index contributed by atoms with van der Waals surface area (Å²) in [4.78, 5) is 2.38. The van der Waals surface area contributed by atoms with Crippen molar-refractivity contribution >= 4 is 93.5 Å². The van der Waals surface area contributed by atoms with E-state index < -0.39 is 0 Å². The van der Waals surface area contributed by atoms with Gasteiger partial charge in [0.25, 0.3) is 0 Å². The number of anilines is 3. The third-order valence-electron chi connectivity index (χ3n) is 10.1. The predicted molar refractivity (Wildman–Crippen MR) is 208 cm³/mol. The number of hydrogen-bond donors (Lipinski definition) is 0. The summed E-state index contributed by atoms with van der Waals surface area (Å²) < 4.78 is 15.5. The zero-order valence-corrected chi connectivity index (χ0v) is 26.9. The Morgan fingerprint density at radius 2 is 0.960 bits per heavy atom. The predicted octanol–water partition coefficient (Wildman–Crippen LogP) is 13.2. The van der Waals surface area contributed by atoms with Gasteiger partial charge in [-0.1, -0.05) is 97.1 Å². The van der Waals surface area contributed by atoms with Crippen LogP contribution in [-0.4, -0.2) is 4.57 Å². The van der Waals surface area contributed by atoms with Gasteiger partial charge in [-0.05, 0) is 78.2 Å². The quantitative estimate of drug-likeness (QED) is 0.192. The Morgan fingerprint density at radius 1 is 0.380 bits per heavy atom. The molecule has 0 radical (unpaired) electrons. The Balaban J connectivity index is 1.27. The van der Waals surface area contributed by atoms with Crippen molar-refractivity contribution < 1.29 is 8.83 Å². The van der Waals surface area contributed by atoms with E-state index in [1.54, 1.807) is 0 Å². The molecule has 3 aromatic heterocycles. The first kappa shape index (κ1) is 27.2. The van der Waals surface area contributed by atoms with Gasteiger partial charge in [-0.2, -0.15) is 0 Å². The summed E-state index contributed by atoms with van der Waals surface area (Å²) in [5, 5.41) is 9.02. The molecule has 0 atom stereocenters. The molecule has 0 N–H and O–H groups in total. The lowest BCUT2D eigenvalue weighted by Crippen LogP contribution is -2.11. The minimum atomic E-state index is 0.855. The minimum Gasteiger partial charge on any atom is -0.456 e. The number of nitrogens with zero attached hydrogens (tertiary/aromatic N) is 2. The summed E-state index contributed by atoms with van der Waals surface area (Å²) in [5.41, 5.74) is 10.0. The molecule has 0 aliphatic heterocycles. The van der Waals surface area contributed by atoms with E-state index in [-0.39, 0.29) is 0 Å². The number of aromatic nitrogens is 1. The zero-order chi connectivity index (χ0) is 32.8. The summed E-state index contributed by atoms with van der Waals surface area (Å²) in [6.07, 6.45) is 0. The number of benzene rings is 8. The van der Waals surface area contributed by atoms with Crippen molar-refractivity contribution in [2.45, 2.75) is 0 Å². The lowest BCUT2D eigenvalue weighted by Gasteiger charge is -2.27. The highest BCUT2D eigenvalue weighted by Crippen LogP contribution is 2.48. The minimum absolute atomic E-state index is 0.855. The van der Waals surface area contributed by atoms with Crippen molar-refractivity contribution in [2.24, 2.45) is 0 Å². The van der Waals surface area contributed by atoms with Crippen LogP contribution in [0.5, 0.6) is 0 Å². The lowest BCUT2D eigenvalue weighted by atomic mass is 10.0. The molecule has 0 aliphatic carbocycles. The molecule has 11 aromatic rings. The van der Waals surface area contributed by atoms with E-state index in [0.29, 0.717) is 0 Å². The van der Waals surface area contributed by atoms with E-state index >= 15 is 0 Å². The fraction of sp³-hybridized carbons (Fsp3) is 0. The maximum atomic E-state index is 6.81. The highest BCUT2D eigenvalue weighted by molar-refractivity contribution is 6.20. The van der Waals surface area contributed by atoms with E-state index in [9.17, 15) is 0 Å². The van der Waals surface area contributed by atoms with Crippen LogP contribution in [0.1, 0.15) is 0 Å². The molecule has 0 unspecified atom stereocenters. The molecule has 4 nitrogen and oxygen atoms in total. The van der Waals surface area contributed by atoms with Gasteiger partial charge in [-0.3, -0.25) is 0 Å². The van der Waals surface area contributed by atoms with Crippen molar-refractivity contribution in [1.29, 1.82) is 0 Å². The molecule has 0 fully saturated rings. The van der Waals surface area contributed by atoms with E-state index in [1.165, 1.54) is 16.3 Å². The first-order chi connectivity index (χ1) is 24.8. The largest absolute Gasteiger partial charge is 0.456 e. The van der Waals surface area contributed by atoms with Gasteiger partial charge in [0.15, 0.2) is 5.58 Å². The second-order valence-corrected chi connectivity index (χ2v) is 12.9. The van der Waals surface area contributed by atoms with Crippen molar-refractivity contribution in [3.63, 3.8) is 0 Å². The Bertz CT molecular complexity index is 3110. The zero-order valence-electron chi connectivity index (χ0n) is 26.9. The third kappa shape index (κ3) is 3.87. The molecule has 4 heteroatoms. The average molecular weight is 641 g/mol. The molecule has 8 aromatic carbocycles. The van der Waals surface area contributed by atoms with Gasteiger partial charge in [0.1, 0.15) is 16.7 Å². The van der Waals surface area contributed by atoms with Crippen molar-refractivity contribution in [3.8, 4) is 5.69 Å². The molecule has 0 spiro atoms. The van der Waals surface area contributed by atoms with E-state index in [0.717, 1.165) is 82.9 Å². The third-order valence-corrected chi connectivity index (χ3v) is 10.1. The van der Waals surface area contributed by atoms with E-state index in [4.69, 9.17) is 8.83 Å². The molecular weight excluding hydrogens is 613 g/mol. The topological polar surface area (TPSA) is 34.5 Å². The Labute approximate surface area is 286 Å². The van der Waals surface area contributed by atoms with Crippen molar-refractivity contribution in [3.05, 3.63) is 170 Å². The van der Waals surface area contributed by atoms with Gasteiger partial charge >= 0.3 is 0 Å². The summed E-state index contributed by atoms with van der Waals surface area (Å²) in [7, 11) is 0. The normalized spacial score (nSPS) is 12.0. The monoisotopic (exact) mass is 640 g/mol. The van der Waals surface area contributed by atoms with Gasteiger partial charge in [-0.15, -0.1) is 0 Å². The van der Waals surface area contributed by atoms with Gasteiger partial charge in [-0.25, -0.2) is 0 Å². The maximum absolute atomic E-state index is 6.81. The first-order valence-corrected chi connectivity index (χ1v) is 16.9. The average Bonchev–Trinajstić information content (AvgIpc) is 3.84. The SMILES string of the molecule is c1ccc(-n2c3ccccc3c3cc(N(c4ccc5oc6ccccc6c5c4)c4c5ccccc5cc5c4oc4ccccc45)ccc32)cc1. The van der Waals surface area contributed by atoms with Crippen LogP contribution in [0.15, 0.2) is 179 Å². The Morgan fingerprint density at radius 3 is 1.78 bits per heavy atom. The van der Waals surface area contributed by atoms with E-state index in [2.05, 4.69) is 161 Å². The lowest BCUT2D eigenvalue weighted by molar-refractivity contribution is 0.669. The molecule has 0 saturated heterocycles. The number of furan rings is 2. The number of para-hydroxylation sites is 4. The Hall–Kier alpha value is -6.78. The van der Waals surface area contributed by atoms with Crippen LogP contribution in [0.25, 0.3) is 82.1 Å². The van der Waals surface area contributed by atoms with Crippen LogP contribution in [0.2, 0.25) is 0 Å². The molecular formula is C46H28N2O2. The van der Waals surface area contributed by atoms with E-state index in [1.807, 2.05) is 18.2 Å². The van der Waals surface area contributed by atoms with Gasteiger partial charge in [0.2, 0.25) is 0 Å². The second-order valence-electron chi connectivity index (χ2n) is 12.9. The van der Waals surface area contributed by atoms with Crippen LogP contribution in [0.4, 0.5) is 17.1 Å². The highest BCUT2D eigenvalue weighted by atomic mass is 16.3. The molecule has 0 bridgehead atoms. The van der Waals surface area contributed by atoms with Crippen LogP contribution < -0.4 is 4.90 Å². The summed E-state index contributed by atoms with van der Waals surface area (Å²) in [6.45, 7) is 0. The van der Waals surface area contributed by atoms with Gasteiger partial charge in [0.05, 0.1) is 16.7 Å². The van der Waals surface area contributed by atoms with Gasteiger partial charge in [0, 0.05) is 54.8 Å². The van der Waals surface area contributed by atoms with Crippen LogP contribution in [0.3, 0.4) is 0 Å². The number of rotatable bonds is 4. The van der Waals surface area contributed by atoms with Crippen LogP contribution in [0, 0.1) is 0 Å². The molecule has 11 rings (SSSR count). The molecule has 3 heterocycles. The maximum Gasteiger partial charge on any atom is 0.160 e. The summed E-state index contributed by atoms with van der Waals surface area (Å²) in [5.74, 6) is 0. The van der Waals surface area contributed by atoms with Gasteiger partial charge < -0.3 is 18.3 Å². The first-order valence-electron chi connectivity index (χ1n) is 16.9. The molecule has 0 saturated carbocycles. The van der Waals surface area contributed by atoms with Crippen molar-refractivity contribution in [2.75, 3.05) is 4.90 Å². The number of hydrogen-bond acceptors (Lipinski definition) is 3. The fourth-order valence-corrected chi connectivity index (χ4v) is 7.94. The standard InChI is InChI=1S/C46H28N2O2/c1-2-13-30(14-3-1)48-40-19-9-6-16-34(40)37-27-31(22-24-41(37)48)47(32-23-25-44-38(28-32)35-17-7-10-20-42(35)49-44)45-33-15-5-4-12-29(33)26-39-36-18-8-11-21-43(36)50-46(39)45/h1-28H. The van der Waals surface area contributed by atoms with Crippen LogP contribution in [-0.2, 0) is 0 Å². The highest BCUT2D eigenvalue weighted by Gasteiger charge is 2.24. The Kier molecular flexibility index (Phi) is 5.63.